The van der Waals surface area contributed by atoms with Crippen LogP contribution in [0.25, 0.3) is 6.08 Å². The highest BCUT2D eigenvalue weighted by Crippen LogP contribution is 2.25. The average Bonchev–Trinajstić information content (AvgIpc) is 2.44. The molecule has 0 bridgehead atoms. The minimum Gasteiger partial charge on any atom is -0.488 e. The van der Waals surface area contributed by atoms with Gasteiger partial charge in [0.25, 0.3) is 0 Å². The summed E-state index contributed by atoms with van der Waals surface area (Å²) in [4.78, 5) is 14.3. The maximum absolute atomic E-state index is 13.0. The second-order valence-corrected chi connectivity index (χ2v) is 4.59. The van der Waals surface area contributed by atoms with E-state index >= 15 is 0 Å². The zero-order valence-corrected chi connectivity index (χ0v) is 11.5. The Morgan fingerprint density at radius 3 is 2.90 bits per heavy atom. The first-order valence-corrected chi connectivity index (χ1v) is 6.35. The monoisotopic (exact) mass is 307 g/mol. The normalized spacial score (nSPS) is 10.8. The lowest BCUT2D eigenvalue weighted by atomic mass is 10.2. The molecular weight excluding hydrogens is 297 g/mol. The second-order valence-electron chi connectivity index (χ2n) is 4.15. The predicted octanol–water partition coefficient (Wildman–Crippen LogP) is 3.55. The summed E-state index contributed by atoms with van der Waals surface area (Å²) in [7, 11) is 0. The van der Waals surface area contributed by atoms with Gasteiger partial charge in [-0.25, -0.2) is 9.18 Å². The quantitative estimate of drug-likeness (QED) is 0.858. The van der Waals surface area contributed by atoms with Gasteiger partial charge in [0.05, 0.1) is 6.20 Å². The van der Waals surface area contributed by atoms with E-state index in [9.17, 15) is 9.18 Å². The minimum atomic E-state index is -1.07. The largest absolute Gasteiger partial charge is 0.488 e. The van der Waals surface area contributed by atoms with Crippen LogP contribution >= 0.6 is 11.6 Å². The van der Waals surface area contributed by atoms with Gasteiger partial charge in [0.2, 0.25) is 0 Å². The standard InChI is InChI=1S/C15H11ClFNO3/c16-12-2-3-14(11(6-12)1-4-15(19)20)21-9-10-5-13(17)8-18-7-10/h1-8H,9H2,(H,19,20)/b4-1+. The third kappa shape index (κ3) is 4.57. The molecule has 1 aromatic carbocycles. The molecule has 0 aliphatic rings. The van der Waals surface area contributed by atoms with Crippen LogP contribution in [0.1, 0.15) is 11.1 Å². The van der Waals surface area contributed by atoms with E-state index in [0.717, 1.165) is 12.3 Å². The number of rotatable bonds is 5. The zero-order valence-electron chi connectivity index (χ0n) is 10.8. The fourth-order valence-corrected chi connectivity index (χ4v) is 1.82. The highest BCUT2D eigenvalue weighted by molar-refractivity contribution is 6.30. The summed E-state index contributed by atoms with van der Waals surface area (Å²) in [6.07, 6.45) is 4.97. The molecular formula is C15H11ClFNO3. The van der Waals surface area contributed by atoms with E-state index in [4.69, 9.17) is 21.4 Å². The van der Waals surface area contributed by atoms with Crippen LogP contribution < -0.4 is 4.74 Å². The van der Waals surface area contributed by atoms with Crippen molar-refractivity contribution in [3.63, 3.8) is 0 Å². The molecule has 6 heteroatoms. The Hall–Kier alpha value is -2.40. The van der Waals surface area contributed by atoms with Crippen LogP contribution in [0.15, 0.2) is 42.7 Å². The molecule has 0 spiro atoms. The molecule has 21 heavy (non-hydrogen) atoms. The SMILES string of the molecule is O=C(O)/C=C/c1cc(Cl)ccc1OCc1cncc(F)c1. The molecule has 1 N–H and O–H groups in total. The van der Waals surface area contributed by atoms with Gasteiger partial charge in [0.1, 0.15) is 18.2 Å². The van der Waals surface area contributed by atoms with E-state index in [1.165, 1.54) is 18.3 Å². The maximum atomic E-state index is 13.0. The van der Waals surface area contributed by atoms with Gasteiger partial charge in [0, 0.05) is 28.4 Å². The van der Waals surface area contributed by atoms with Crippen LogP contribution in [-0.2, 0) is 11.4 Å². The molecule has 1 heterocycles. The predicted molar refractivity (Wildman–Crippen MR) is 76.6 cm³/mol. The van der Waals surface area contributed by atoms with Gasteiger partial charge >= 0.3 is 5.97 Å². The Kier molecular flexibility index (Phi) is 4.90. The summed E-state index contributed by atoms with van der Waals surface area (Å²) in [5.74, 6) is -1.07. The lowest BCUT2D eigenvalue weighted by Gasteiger charge is -2.09. The van der Waals surface area contributed by atoms with E-state index in [1.807, 2.05) is 0 Å². The van der Waals surface area contributed by atoms with Gasteiger partial charge in [-0.2, -0.15) is 0 Å². The smallest absolute Gasteiger partial charge is 0.328 e. The number of ether oxygens (including phenoxy) is 1. The molecule has 4 nitrogen and oxygen atoms in total. The number of carboxylic acid groups (broad SMARTS) is 1. The molecule has 2 rings (SSSR count). The molecule has 1 aromatic heterocycles. The van der Waals surface area contributed by atoms with Gasteiger partial charge in [-0.3, -0.25) is 4.98 Å². The molecule has 0 aliphatic carbocycles. The number of benzene rings is 1. The van der Waals surface area contributed by atoms with E-state index in [1.54, 1.807) is 18.2 Å². The highest BCUT2D eigenvalue weighted by Gasteiger charge is 2.04. The number of nitrogens with zero attached hydrogens (tertiary/aromatic N) is 1. The van der Waals surface area contributed by atoms with Gasteiger partial charge in [-0.05, 0) is 30.3 Å². The van der Waals surface area contributed by atoms with Gasteiger partial charge in [0.15, 0.2) is 0 Å². The Morgan fingerprint density at radius 2 is 2.19 bits per heavy atom. The summed E-state index contributed by atoms with van der Waals surface area (Å²) < 4.78 is 18.6. The van der Waals surface area contributed by atoms with Crippen molar-refractivity contribution in [3.05, 3.63) is 64.7 Å². The number of aliphatic carboxylic acids is 1. The zero-order chi connectivity index (χ0) is 15.2. The lowest BCUT2D eigenvalue weighted by Crippen LogP contribution is -1.98. The van der Waals surface area contributed by atoms with E-state index < -0.39 is 11.8 Å². The summed E-state index contributed by atoms with van der Waals surface area (Å²) in [6, 6.07) is 6.14. The lowest BCUT2D eigenvalue weighted by molar-refractivity contribution is -0.131. The maximum Gasteiger partial charge on any atom is 0.328 e. The van der Waals surface area contributed by atoms with Crippen LogP contribution in [0.2, 0.25) is 5.02 Å². The van der Waals surface area contributed by atoms with Crippen LogP contribution in [-0.4, -0.2) is 16.1 Å². The van der Waals surface area contributed by atoms with Crippen LogP contribution in [0.4, 0.5) is 4.39 Å². The van der Waals surface area contributed by atoms with Crippen molar-refractivity contribution in [2.24, 2.45) is 0 Å². The number of hydrogen-bond acceptors (Lipinski definition) is 3. The first kappa shape index (κ1) is 15.0. The number of aromatic nitrogens is 1. The van der Waals surface area contributed by atoms with E-state index in [0.29, 0.717) is 21.9 Å². The third-order valence-electron chi connectivity index (χ3n) is 2.53. The van der Waals surface area contributed by atoms with Crippen molar-refractivity contribution in [1.29, 1.82) is 0 Å². The number of pyridine rings is 1. The Balaban J connectivity index is 2.17. The first-order valence-electron chi connectivity index (χ1n) is 5.97. The third-order valence-corrected chi connectivity index (χ3v) is 2.77. The molecule has 0 amide bonds. The first-order chi connectivity index (χ1) is 10.0. The summed E-state index contributed by atoms with van der Waals surface area (Å²) in [6.45, 7) is 0.111. The summed E-state index contributed by atoms with van der Waals surface area (Å²) in [5, 5.41) is 9.12. The van der Waals surface area contributed by atoms with Crippen molar-refractivity contribution < 1.29 is 19.0 Å². The fraction of sp³-hybridized carbons (Fsp3) is 0.0667. The topological polar surface area (TPSA) is 59.4 Å². The number of halogens is 2. The number of hydrogen-bond donors (Lipinski definition) is 1. The van der Waals surface area contributed by atoms with Crippen LogP contribution in [0.3, 0.4) is 0 Å². The second kappa shape index (κ2) is 6.85. The highest BCUT2D eigenvalue weighted by atomic mass is 35.5. The minimum absolute atomic E-state index is 0.111. The van der Waals surface area contributed by atoms with Crippen molar-refractivity contribution in [2.75, 3.05) is 0 Å². The Bertz CT molecular complexity index is 688. The molecule has 108 valence electrons. The van der Waals surface area contributed by atoms with Gasteiger partial charge in [-0.1, -0.05) is 11.6 Å². The molecule has 0 aliphatic heterocycles. The fourth-order valence-electron chi connectivity index (χ4n) is 1.64. The van der Waals surface area contributed by atoms with Crippen molar-refractivity contribution in [1.82, 2.24) is 4.98 Å². The Morgan fingerprint density at radius 1 is 1.38 bits per heavy atom. The Labute approximate surface area is 125 Å². The summed E-state index contributed by atoms with van der Waals surface area (Å²) >= 11 is 5.87. The van der Waals surface area contributed by atoms with Gasteiger partial charge in [-0.15, -0.1) is 0 Å². The van der Waals surface area contributed by atoms with Gasteiger partial charge < -0.3 is 9.84 Å². The van der Waals surface area contributed by atoms with Crippen molar-refractivity contribution >= 4 is 23.6 Å². The molecule has 0 radical (unpaired) electrons. The molecule has 0 fully saturated rings. The number of carbonyl (C=O) groups is 1. The summed E-state index contributed by atoms with van der Waals surface area (Å²) in [5.41, 5.74) is 1.09. The van der Waals surface area contributed by atoms with Crippen LogP contribution in [0, 0.1) is 5.82 Å². The number of carboxylic acids is 1. The van der Waals surface area contributed by atoms with Crippen LogP contribution in [0.5, 0.6) is 5.75 Å². The molecule has 0 saturated carbocycles. The van der Waals surface area contributed by atoms with Crippen molar-refractivity contribution in [2.45, 2.75) is 6.61 Å². The van der Waals surface area contributed by atoms with E-state index in [2.05, 4.69) is 4.98 Å². The molecule has 0 saturated heterocycles. The molecule has 0 unspecified atom stereocenters. The van der Waals surface area contributed by atoms with Crippen molar-refractivity contribution in [3.8, 4) is 5.75 Å². The van der Waals surface area contributed by atoms with E-state index in [-0.39, 0.29) is 6.61 Å². The molecule has 2 aromatic rings. The average molecular weight is 308 g/mol. The molecule has 0 atom stereocenters.